The molecule has 0 amide bonds. The zero-order valence-corrected chi connectivity index (χ0v) is 8.82. The Morgan fingerprint density at radius 3 is 2.17 bits per heavy atom. The van der Waals surface area contributed by atoms with Gasteiger partial charge in [0, 0.05) is 0 Å². The molecular weight excluding hydrogens is 144 g/mol. The summed E-state index contributed by atoms with van der Waals surface area (Å²) < 4.78 is 0. The third kappa shape index (κ3) is 4.38. The summed E-state index contributed by atoms with van der Waals surface area (Å²) in [4.78, 5) is 0. The Morgan fingerprint density at radius 2 is 1.83 bits per heavy atom. The summed E-state index contributed by atoms with van der Waals surface area (Å²) in [5.41, 5.74) is 2.68. The van der Waals surface area contributed by atoms with Gasteiger partial charge in [0.05, 0.1) is 0 Å². The normalized spacial score (nSPS) is 12.6. The van der Waals surface area contributed by atoms with Crippen LogP contribution >= 0.6 is 0 Å². The Hall–Kier alpha value is -0.520. The van der Waals surface area contributed by atoms with Gasteiger partial charge in [-0.15, -0.1) is 6.58 Å². The third-order valence-electron chi connectivity index (χ3n) is 2.24. The van der Waals surface area contributed by atoms with E-state index < -0.39 is 0 Å². The van der Waals surface area contributed by atoms with E-state index in [-0.39, 0.29) is 0 Å². The first-order valence-corrected chi connectivity index (χ1v) is 4.93. The van der Waals surface area contributed by atoms with Crippen LogP contribution in [0.2, 0.25) is 0 Å². The topological polar surface area (TPSA) is 0 Å². The SMILES string of the molecule is C=C(C)CC(CC)C(=C)CCC. The lowest BCUT2D eigenvalue weighted by atomic mass is 9.89. The Kier molecular flexibility index (Phi) is 5.79. The van der Waals surface area contributed by atoms with E-state index in [0.29, 0.717) is 5.92 Å². The zero-order valence-electron chi connectivity index (χ0n) is 8.82. The maximum atomic E-state index is 4.13. The minimum atomic E-state index is 0.669. The van der Waals surface area contributed by atoms with Gasteiger partial charge in [0.25, 0.3) is 0 Å². The highest BCUT2D eigenvalue weighted by Crippen LogP contribution is 2.24. The van der Waals surface area contributed by atoms with Crippen LogP contribution in [0.15, 0.2) is 24.3 Å². The molecule has 0 saturated carbocycles. The predicted molar refractivity (Wildman–Crippen MR) is 57.3 cm³/mol. The highest BCUT2D eigenvalue weighted by atomic mass is 14.1. The standard InChI is InChI=1S/C12H22/c1-6-8-11(5)12(7-2)9-10(3)4/h12H,3,5-9H2,1-2,4H3. The largest absolute Gasteiger partial charge is 0.100 e. The fourth-order valence-electron chi connectivity index (χ4n) is 1.52. The molecule has 0 aromatic rings. The van der Waals surface area contributed by atoms with E-state index in [9.17, 15) is 0 Å². The first kappa shape index (κ1) is 11.5. The summed E-state index contributed by atoms with van der Waals surface area (Å²) in [5.74, 6) is 0.669. The highest BCUT2D eigenvalue weighted by molar-refractivity contribution is 5.05. The van der Waals surface area contributed by atoms with E-state index in [4.69, 9.17) is 0 Å². The molecule has 0 fully saturated rings. The summed E-state index contributed by atoms with van der Waals surface area (Å²) in [6.45, 7) is 14.6. The molecule has 0 rings (SSSR count). The molecule has 0 nitrogen and oxygen atoms in total. The molecule has 0 aliphatic carbocycles. The van der Waals surface area contributed by atoms with Gasteiger partial charge >= 0.3 is 0 Å². The van der Waals surface area contributed by atoms with Crippen molar-refractivity contribution in [2.24, 2.45) is 5.92 Å². The van der Waals surface area contributed by atoms with Crippen LogP contribution in [0.3, 0.4) is 0 Å². The molecule has 0 heterocycles. The minimum Gasteiger partial charge on any atom is -0.100 e. The molecule has 0 N–H and O–H groups in total. The van der Waals surface area contributed by atoms with Crippen LogP contribution in [0.25, 0.3) is 0 Å². The summed E-state index contributed by atoms with van der Waals surface area (Å²) in [7, 11) is 0. The molecule has 70 valence electrons. The van der Waals surface area contributed by atoms with Gasteiger partial charge in [-0.1, -0.05) is 38.0 Å². The zero-order chi connectivity index (χ0) is 9.56. The lowest BCUT2D eigenvalue weighted by Crippen LogP contribution is -2.02. The van der Waals surface area contributed by atoms with Crippen LogP contribution in [0.4, 0.5) is 0 Å². The molecule has 0 heteroatoms. The van der Waals surface area contributed by atoms with Crippen molar-refractivity contribution in [1.29, 1.82) is 0 Å². The maximum Gasteiger partial charge on any atom is -0.0172 e. The molecule has 0 aromatic carbocycles. The van der Waals surface area contributed by atoms with Gasteiger partial charge in [0.15, 0.2) is 0 Å². The number of hydrogen-bond acceptors (Lipinski definition) is 0. The average molecular weight is 166 g/mol. The van der Waals surface area contributed by atoms with E-state index in [0.717, 1.165) is 6.42 Å². The molecule has 12 heavy (non-hydrogen) atoms. The molecule has 1 unspecified atom stereocenters. The van der Waals surface area contributed by atoms with Crippen LogP contribution in [-0.4, -0.2) is 0 Å². The third-order valence-corrected chi connectivity index (χ3v) is 2.24. The monoisotopic (exact) mass is 166 g/mol. The predicted octanol–water partition coefficient (Wildman–Crippen LogP) is 4.34. The van der Waals surface area contributed by atoms with Gasteiger partial charge in [-0.25, -0.2) is 0 Å². The smallest absolute Gasteiger partial charge is 0.0172 e. The Balaban J connectivity index is 3.96. The van der Waals surface area contributed by atoms with E-state index in [1.54, 1.807) is 0 Å². The van der Waals surface area contributed by atoms with Gasteiger partial charge in [-0.2, -0.15) is 0 Å². The number of hydrogen-bond donors (Lipinski definition) is 0. The van der Waals surface area contributed by atoms with E-state index in [1.807, 2.05) is 0 Å². The average Bonchev–Trinajstić information content (AvgIpc) is 2.00. The summed E-state index contributed by atoms with van der Waals surface area (Å²) in [6, 6.07) is 0. The first-order valence-electron chi connectivity index (χ1n) is 4.93. The second-order valence-corrected chi connectivity index (χ2v) is 3.67. The Labute approximate surface area is 77.4 Å². The van der Waals surface area contributed by atoms with Gasteiger partial charge in [-0.3, -0.25) is 0 Å². The molecule has 0 spiro atoms. The van der Waals surface area contributed by atoms with Crippen molar-refractivity contribution in [3.63, 3.8) is 0 Å². The number of allylic oxidation sites excluding steroid dienone is 2. The quantitative estimate of drug-likeness (QED) is 0.515. The number of rotatable bonds is 6. The van der Waals surface area contributed by atoms with Crippen molar-refractivity contribution < 1.29 is 0 Å². The van der Waals surface area contributed by atoms with E-state index >= 15 is 0 Å². The second kappa shape index (κ2) is 6.05. The summed E-state index contributed by atoms with van der Waals surface area (Å²) in [5, 5.41) is 0. The van der Waals surface area contributed by atoms with E-state index in [2.05, 4.69) is 33.9 Å². The van der Waals surface area contributed by atoms with Gasteiger partial charge in [0.2, 0.25) is 0 Å². The fraction of sp³-hybridized carbons (Fsp3) is 0.667. The minimum absolute atomic E-state index is 0.669. The van der Waals surface area contributed by atoms with Crippen molar-refractivity contribution in [2.45, 2.75) is 46.5 Å². The maximum absolute atomic E-state index is 4.13. The first-order chi connectivity index (χ1) is 5.61. The Morgan fingerprint density at radius 1 is 1.25 bits per heavy atom. The Bertz CT molecular complexity index is 153. The summed E-state index contributed by atoms with van der Waals surface area (Å²) >= 11 is 0. The highest BCUT2D eigenvalue weighted by Gasteiger charge is 2.09. The molecule has 0 saturated heterocycles. The molecule has 0 aliphatic heterocycles. The molecule has 0 aromatic heterocycles. The van der Waals surface area contributed by atoms with Crippen LogP contribution in [0, 0.1) is 5.92 Å². The van der Waals surface area contributed by atoms with Crippen LogP contribution in [0.5, 0.6) is 0 Å². The van der Waals surface area contributed by atoms with Crippen molar-refractivity contribution >= 4 is 0 Å². The summed E-state index contributed by atoms with van der Waals surface area (Å²) in [6.07, 6.45) is 4.71. The molecular formula is C12H22. The second-order valence-electron chi connectivity index (χ2n) is 3.67. The molecule has 0 aliphatic rings. The fourth-order valence-corrected chi connectivity index (χ4v) is 1.52. The van der Waals surface area contributed by atoms with E-state index in [1.165, 1.54) is 30.4 Å². The van der Waals surface area contributed by atoms with Gasteiger partial charge in [0.1, 0.15) is 0 Å². The van der Waals surface area contributed by atoms with Crippen LogP contribution in [0.1, 0.15) is 46.5 Å². The van der Waals surface area contributed by atoms with Gasteiger partial charge < -0.3 is 0 Å². The van der Waals surface area contributed by atoms with Crippen molar-refractivity contribution in [3.8, 4) is 0 Å². The molecule has 0 bridgehead atoms. The van der Waals surface area contributed by atoms with Crippen LogP contribution < -0.4 is 0 Å². The van der Waals surface area contributed by atoms with Crippen molar-refractivity contribution in [1.82, 2.24) is 0 Å². The van der Waals surface area contributed by atoms with Gasteiger partial charge in [-0.05, 0) is 32.1 Å². The van der Waals surface area contributed by atoms with Crippen molar-refractivity contribution in [3.05, 3.63) is 24.3 Å². The lowest BCUT2D eigenvalue weighted by Gasteiger charge is -2.17. The molecule has 1 atom stereocenters. The lowest BCUT2D eigenvalue weighted by molar-refractivity contribution is 0.562. The molecule has 0 radical (unpaired) electrons. The van der Waals surface area contributed by atoms with Crippen LogP contribution in [-0.2, 0) is 0 Å². The van der Waals surface area contributed by atoms with Crippen molar-refractivity contribution in [2.75, 3.05) is 0 Å².